The van der Waals surface area contributed by atoms with Gasteiger partial charge in [0.2, 0.25) is 5.91 Å². The van der Waals surface area contributed by atoms with Crippen molar-refractivity contribution in [1.29, 1.82) is 0 Å². The van der Waals surface area contributed by atoms with Gasteiger partial charge >= 0.3 is 0 Å². The van der Waals surface area contributed by atoms with Gasteiger partial charge in [-0.1, -0.05) is 6.07 Å². The minimum absolute atomic E-state index is 0.223. The second-order valence-electron chi connectivity index (χ2n) is 6.88. The molecule has 0 aliphatic carbocycles. The Morgan fingerprint density at radius 2 is 2.07 bits per heavy atom. The molecule has 2 aromatic rings. The van der Waals surface area contributed by atoms with E-state index in [9.17, 15) is 4.79 Å². The fourth-order valence-corrected chi connectivity index (χ4v) is 4.13. The molecule has 1 saturated heterocycles. The van der Waals surface area contributed by atoms with Crippen LogP contribution in [0.1, 0.15) is 30.4 Å². The zero-order valence-electron chi connectivity index (χ0n) is 16.1. The van der Waals surface area contributed by atoms with Crippen LogP contribution in [0.5, 0.6) is 11.5 Å². The Hall–Kier alpha value is -2.05. The molecular formula is C21H28N2O3S. The summed E-state index contributed by atoms with van der Waals surface area (Å²) in [6.45, 7) is 2.38. The highest BCUT2D eigenvalue weighted by atomic mass is 32.1. The van der Waals surface area contributed by atoms with Gasteiger partial charge in [-0.25, -0.2) is 0 Å². The molecule has 1 N–H and O–H groups in total. The number of hydrogen-bond acceptors (Lipinski definition) is 5. The van der Waals surface area contributed by atoms with Gasteiger partial charge in [-0.2, -0.15) is 11.3 Å². The number of nitrogens with zero attached hydrogens (tertiary/aromatic N) is 1. The molecule has 27 heavy (non-hydrogen) atoms. The largest absolute Gasteiger partial charge is 0.493 e. The zero-order valence-corrected chi connectivity index (χ0v) is 16.9. The van der Waals surface area contributed by atoms with E-state index in [0.29, 0.717) is 25.6 Å². The van der Waals surface area contributed by atoms with Crippen LogP contribution in [-0.4, -0.2) is 44.2 Å². The fourth-order valence-electron chi connectivity index (χ4n) is 3.47. The molecule has 1 unspecified atom stereocenters. The van der Waals surface area contributed by atoms with Crippen molar-refractivity contribution in [2.45, 2.75) is 38.3 Å². The molecule has 1 aliphatic rings. The van der Waals surface area contributed by atoms with E-state index < -0.39 is 0 Å². The quantitative estimate of drug-likeness (QED) is 0.715. The van der Waals surface area contributed by atoms with Crippen molar-refractivity contribution in [2.75, 3.05) is 27.3 Å². The summed E-state index contributed by atoms with van der Waals surface area (Å²) in [5.41, 5.74) is 2.33. The summed E-state index contributed by atoms with van der Waals surface area (Å²) in [4.78, 5) is 14.9. The summed E-state index contributed by atoms with van der Waals surface area (Å²) in [5.74, 6) is 1.67. The number of thiophene rings is 1. The minimum atomic E-state index is 0.223. The number of hydrogen-bond donors (Lipinski definition) is 1. The lowest BCUT2D eigenvalue weighted by Crippen LogP contribution is -2.36. The number of amides is 1. The third kappa shape index (κ3) is 5.47. The second-order valence-corrected chi connectivity index (χ2v) is 7.66. The maximum absolute atomic E-state index is 12.9. The molecule has 2 heterocycles. The van der Waals surface area contributed by atoms with Crippen LogP contribution >= 0.6 is 11.3 Å². The van der Waals surface area contributed by atoms with E-state index in [1.807, 2.05) is 23.1 Å². The Morgan fingerprint density at radius 1 is 1.22 bits per heavy atom. The van der Waals surface area contributed by atoms with Gasteiger partial charge in [0.15, 0.2) is 11.5 Å². The molecule has 0 radical (unpaired) electrons. The molecule has 3 rings (SSSR count). The number of carbonyl (C=O) groups excluding carboxylic acids is 1. The van der Waals surface area contributed by atoms with Crippen LogP contribution in [0.3, 0.4) is 0 Å². The van der Waals surface area contributed by atoms with Gasteiger partial charge in [0.25, 0.3) is 0 Å². The van der Waals surface area contributed by atoms with Crippen molar-refractivity contribution >= 4 is 17.2 Å². The maximum atomic E-state index is 12.9. The molecule has 0 spiro atoms. The molecule has 0 saturated carbocycles. The van der Waals surface area contributed by atoms with E-state index in [1.54, 1.807) is 25.6 Å². The molecule has 146 valence electrons. The highest BCUT2D eigenvalue weighted by Crippen LogP contribution is 2.28. The smallest absolute Gasteiger partial charge is 0.224 e. The minimum Gasteiger partial charge on any atom is -0.493 e. The van der Waals surface area contributed by atoms with E-state index >= 15 is 0 Å². The van der Waals surface area contributed by atoms with Gasteiger partial charge in [0.1, 0.15) is 0 Å². The number of benzene rings is 1. The number of ether oxygens (including phenoxy) is 2. The van der Waals surface area contributed by atoms with Crippen LogP contribution in [0.25, 0.3) is 0 Å². The van der Waals surface area contributed by atoms with Gasteiger partial charge in [-0.05, 0) is 65.9 Å². The molecule has 1 atom stereocenters. The van der Waals surface area contributed by atoms with Crippen molar-refractivity contribution in [3.05, 3.63) is 46.2 Å². The predicted molar refractivity (Wildman–Crippen MR) is 109 cm³/mol. The third-order valence-corrected chi connectivity index (χ3v) is 5.74. The second kappa shape index (κ2) is 9.76. The average Bonchev–Trinajstić information content (AvgIpc) is 3.38. The van der Waals surface area contributed by atoms with Crippen molar-refractivity contribution in [3.63, 3.8) is 0 Å². The van der Waals surface area contributed by atoms with Gasteiger partial charge < -0.3 is 19.7 Å². The highest BCUT2D eigenvalue weighted by Gasteiger charge is 2.22. The monoisotopic (exact) mass is 388 g/mol. The van der Waals surface area contributed by atoms with Crippen LogP contribution in [0, 0.1) is 0 Å². The van der Waals surface area contributed by atoms with Gasteiger partial charge in [-0.3, -0.25) is 4.79 Å². The summed E-state index contributed by atoms with van der Waals surface area (Å²) < 4.78 is 10.7. The third-order valence-electron chi connectivity index (χ3n) is 5.01. The zero-order chi connectivity index (χ0) is 19.1. The molecule has 1 aromatic carbocycles. The Morgan fingerprint density at radius 3 is 2.74 bits per heavy atom. The molecule has 5 nitrogen and oxygen atoms in total. The van der Waals surface area contributed by atoms with E-state index in [4.69, 9.17) is 9.47 Å². The number of nitrogens with one attached hydrogen (secondary N) is 1. The van der Waals surface area contributed by atoms with Crippen LogP contribution in [-0.2, 0) is 17.8 Å². The highest BCUT2D eigenvalue weighted by molar-refractivity contribution is 7.07. The fraction of sp³-hybridized carbons (Fsp3) is 0.476. The van der Waals surface area contributed by atoms with Gasteiger partial charge in [0, 0.05) is 25.6 Å². The summed E-state index contributed by atoms with van der Waals surface area (Å²) in [7, 11) is 3.28. The topological polar surface area (TPSA) is 50.8 Å². The van der Waals surface area contributed by atoms with E-state index in [-0.39, 0.29) is 5.91 Å². The summed E-state index contributed by atoms with van der Waals surface area (Å²) in [6.07, 6.45) is 3.62. The molecule has 0 bridgehead atoms. The predicted octanol–water partition coefficient (Wildman–Crippen LogP) is 3.48. The molecule has 1 fully saturated rings. The summed E-state index contributed by atoms with van der Waals surface area (Å²) in [6, 6.07) is 8.36. The summed E-state index contributed by atoms with van der Waals surface area (Å²) in [5, 5.41) is 7.60. The normalized spacial score (nSPS) is 16.3. The number of methoxy groups -OCH3 is 2. The Balaban J connectivity index is 1.66. The average molecular weight is 389 g/mol. The van der Waals surface area contributed by atoms with Crippen molar-refractivity contribution < 1.29 is 14.3 Å². The molecule has 1 amide bonds. The van der Waals surface area contributed by atoms with Crippen LogP contribution < -0.4 is 14.8 Å². The number of rotatable bonds is 9. The lowest BCUT2D eigenvalue weighted by atomic mass is 10.1. The van der Waals surface area contributed by atoms with Crippen LogP contribution in [0.2, 0.25) is 0 Å². The first-order valence-corrected chi connectivity index (χ1v) is 10.4. The van der Waals surface area contributed by atoms with Crippen LogP contribution in [0.15, 0.2) is 35.0 Å². The van der Waals surface area contributed by atoms with Crippen molar-refractivity contribution in [3.8, 4) is 11.5 Å². The lowest BCUT2D eigenvalue weighted by molar-refractivity contribution is -0.132. The Bertz CT molecular complexity index is 727. The Labute approximate surface area is 165 Å². The first-order valence-electron chi connectivity index (χ1n) is 9.42. The first-order chi connectivity index (χ1) is 13.2. The van der Waals surface area contributed by atoms with Crippen molar-refractivity contribution in [1.82, 2.24) is 10.2 Å². The molecular weight excluding hydrogens is 360 g/mol. The van der Waals surface area contributed by atoms with Crippen LogP contribution in [0.4, 0.5) is 0 Å². The molecule has 6 heteroatoms. The standard InChI is InChI=1S/C21H28N2O3S/c1-25-19-6-5-16(12-20(19)26-2)7-10-23(14-17-8-11-27-15-17)21(24)13-18-4-3-9-22-18/h5-6,8,11-12,15,18,22H,3-4,7,9-10,13-14H2,1-2H3. The summed E-state index contributed by atoms with van der Waals surface area (Å²) >= 11 is 1.67. The SMILES string of the molecule is COc1ccc(CCN(Cc2ccsc2)C(=O)CC2CCCN2)cc1OC. The van der Waals surface area contributed by atoms with Crippen molar-refractivity contribution in [2.24, 2.45) is 0 Å². The molecule has 1 aromatic heterocycles. The first kappa shape index (κ1) is 19.7. The maximum Gasteiger partial charge on any atom is 0.224 e. The van der Waals surface area contributed by atoms with Gasteiger partial charge in [-0.15, -0.1) is 0 Å². The Kier molecular flexibility index (Phi) is 7.12. The van der Waals surface area contributed by atoms with E-state index in [1.165, 1.54) is 5.56 Å². The molecule has 1 aliphatic heterocycles. The number of carbonyl (C=O) groups is 1. The van der Waals surface area contributed by atoms with Gasteiger partial charge in [0.05, 0.1) is 14.2 Å². The van der Waals surface area contributed by atoms with E-state index in [2.05, 4.69) is 22.1 Å². The lowest BCUT2D eigenvalue weighted by Gasteiger charge is -2.24. The van der Waals surface area contributed by atoms with E-state index in [0.717, 1.165) is 42.9 Å².